The van der Waals surface area contributed by atoms with Crippen LogP contribution in [0.1, 0.15) is 0 Å². The lowest BCUT2D eigenvalue weighted by molar-refractivity contribution is 0.613. The van der Waals surface area contributed by atoms with Crippen LogP contribution in [0.15, 0.2) is 56.1 Å². The number of hydrogen-bond acceptors (Lipinski definition) is 2. The highest BCUT2D eigenvalue weighted by Crippen LogP contribution is 2.30. The van der Waals surface area contributed by atoms with E-state index in [4.69, 9.17) is 16.0 Å². The van der Waals surface area contributed by atoms with Gasteiger partial charge in [0.1, 0.15) is 15.9 Å². The molecule has 0 radical (unpaired) electrons. The number of benzene rings is 2. The fourth-order valence-corrected chi connectivity index (χ4v) is 2.63. The lowest BCUT2D eigenvalue weighted by atomic mass is 10.1. The summed E-state index contributed by atoms with van der Waals surface area (Å²) in [4.78, 5) is 12.3. The summed E-state index contributed by atoms with van der Waals surface area (Å²) < 4.78 is 19.0. The molecule has 3 aromatic rings. The zero-order valence-electron chi connectivity index (χ0n) is 9.99. The topological polar surface area (TPSA) is 30.2 Å². The lowest BCUT2D eigenvalue weighted by Gasteiger charge is -2.06. The van der Waals surface area contributed by atoms with Crippen molar-refractivity contribution in [2.45, 2.75) is 0 Å². The molecule has 20 heavy (non-hydrogen) atoms. The zero-order valence-corrected chi connectivity index (χ0v) is 12.3. The first-order valence-electron chi connectivity index (χ1n) is 5.74. The second kappa shape index (κ2) is 5.04. The third-order valence-electron chi connectivity index (χ3n) is 2.90. The first-order chi connectivity index (χ1) is 9.56. The quantitative estimate of drug-likeness (QED) is 0.615. The highest BCUT2D eigenvalue weighted by Gasteiger charge is 2.14. The Hall–Kier alpha value is -1.65. The van der Waals surface area contributed by atoms with Crippen molar-refractivity contribution in [1.82, 2.24) is 0 Å². The van der Waals surface area contributed by atoms with Gasteiger partial charge in [-0.15, -0.1) is 0 Å². The van der Waals surface area contributed by atoms with E-state index in [2.05, 4.69) is 15.9 Å². The van der Waals surface area contributed by atoms with E-state index < -0.39 is 0 Å². The molecule has 2 nitrogen and oxygen atoms in total. The van der Waals surface area contributed by atoms with Crippen LogP contribution in [0, 0.1) is 5.82 Å². The first-order valence-corrected chi connectivity index (χ1v) is 6.91. The Balaban J connectivity index is 2.32. The van der Waals surface area contributed by atoms with Crippen LogP contribution in [0.25, 0.3) is 22.3 Å². The van der Waals surface area contributed by atoms with Crippen molar-refractivity contribution in [2.24, 2.45) is 0 Å². The lowest BCUT2D eigenvalue weighted by Crippen LogP contribution is -2.04. The minimum Gasteiger partial charge on any atom is -0.455 e. The average Bonchev–Trinajstić information content (AvgIpc) is 2.44. The molecule has 5 heteroatoms. The molecule has 0 atom stereocenters. The van der Waals surface area contributed by atoms with E-state index in [9.17, 15) is 9.18 Å². The maximum atomic E-state index is 13.0. The Bertz CT molecular complexity index is 856. The molecule has 100 valence electrons. The van der Waals surface area contributed by atoms with Crippen LogP contribution >= 0.6 is 27.5 Å². The van der Waals surface area contributed by atoms with Gasteiger partial charge in [0, 0.05) is 10.6 Å². The Morgan fingerprint density at radius 2 is 1.80 bits per heavy atom. The maximum Gasteiger partial charge on any atom is 0.207 e. The molecular weight excluding hydrogens is 347 g/mol. The predicted molar refractivity (Wildman–Crippen MR) is 80.6 cm³/mol. The van der Waals surface area contributed by atoms with Crippen molar-refractivity contribution in [3.8, 4) is 11.3 Å². The van der Waals surface area contributed by atoms with E-state index in [0.29, 0.717) is 31.8 Å². The molecule has 0 aliphatic heterocycles. The number of halogens is 3. The number of hydrogen-bond donors (Lipinski definition) is 0. The van der Waals surface area contributed by atoms with Crippen LogP contribution < -0.4 is 5.43 Å². The molecule has 1 aromatic heterocycles. The van der Waals surface area contributed by atoms with Crippen LogP contribution in [-0.4, -0.2) is 0 Å². The van der Waals surface area contributed by atoms with Crippen molar-refractivity contribution in [3.05, 3.63) is 68.0 Å². The summed E-state index contributed by atoms with van der Waals surface area (Å²) in [5.74, 6) is 0.0182. The molecule has 0 saturated heterocycles. The number of rotatable bonds is 1. The first kappa shape index (κ1) is 13.3. The summed E-state index contributed by atoms with van der Waals surface area (Å²) in [6.07, 6.45) is 0. The van der Waals surface area contributed by atoms with E-state index in [0.717, 1.165) is 0 Å². The van der Waals surface area contributed by atoms with Gasteiger partial charge < -0.3 is 4.42 Å². The van der Waals surface area contributed by atoms with Gasteiger partial charge in [0.15, 0.2) is 5.76 Å². The van der Waals surface area contributed by atoms with Gasteiger partial charge in [-0.2, -0.15) is 0 Å². The summed E-state index contributed by atoms with van der Waals surface area (Å²) in [6.45, 7) is 0. The molecule has 0 amide bonds. The van der Waals surface area contributed by atoms with Gasteiger partial charge in [-0.25, -0.2) is 4.39 Å². The fourth-order valence-electron chi connectivity index (χ4n) is 1.93. The monoisotopic (exact) mass is 352 g/mol. The van der Waals surface area contributed by atoms with E-state index in [1.807, 2.05) is 0 Å². The largest absolute Gasteiger partial charge is 0.455 e. The summed E-state index contributed by atoms with van der Waals surface area (Å²) in [7, 11) is 0. The van der Waals surface area contributed by atoms with Crippen molar-refractivity contribution in [2.75, 3.05) is 0 Å². The van der Waals surface area contributed by atoms with E-state index in [1.54, 1.807) is 30.3 Å². The molecule has 0 aliphatic rings. The van der Waals surface area contributed by atoms with Gasteiger partial charge >= 0.3 is 0 Å². The Kier molecular flexibility index (Phi) is 3.36. The van der Waals surface area contributed by atoms with Crippen LogP contribution in [0.5, 0.6) is 0 Å². The van der Waals surface area contributed by atoms with Crippen molar-refractivity contribution in [3.63, 3.8) is 0 Å². The molecule has 0 spiro atoms. The molecule has 0 bridgehead atoms. The molecule has 2 aromatic carbocycles. The summed E-state index contributed by atoms with van der Waals surface area (Å²) >= 11 is 9.12. The summed E-state index contributed by atoms with van der Waals surface area (Å²) in [6, 6.07) is 10.6. The smallest absolute Gasteiger partial charge is 0.207 e. The maximum absolute atomic E-state index is 13.0. The molecular formula is C15H7BrClFO2. The van der Waals surface area contributed by atoms with Gasteiger partial charge in [-0.05, 0) is 58.4 Å². The number of fused-ring (bicyclic) bond motifs is 1. The molecule has 0 N–H and O–H groups in total. The molecule has 1 heterocycles. The van der Waals surface area contributed by atoms with Crippen molar-refractivity contribution < 1.29 is 8.81 Å². The summed E-state index contributed by atoms with van der Waals surface area (Å²) in [5.41, 5.74) is 0.835. The van der Waals surface area contributed by atoms with E-state index >= 15 is 0 Å². The van der Waals surface area contributed by atoms with Gasteiger partial charge in [0.25, 0.3) is 0 Å². The SMILES string of the molecule is O=c1c(Br)c(-c2ccc(F)cc2)oc2ccc(Cl)cc12. The second-order valence-electron chi connectivity index (χ2n) is 4.22. The fraction of sp³-hybridized carbons (Fsp3) is 0. The van der Waals surface area contributed by atoms with Crippen LogP contribution in [0.3, 0.4) is 0 Å². The van der Waals surface area contributed by atoms with Gasteiger partial charge in [0.2, 0.25) is 5.43 Å². The molecule has 3 rings (SSSR count). The van der Waals surface area contributed by atoms with Crippen molar-refractivity contribution in [1.29, 1.82) is 0 Å². The van der Waals surface area contributed by atoms with E-state index in [1.165, 1.54) is 12.1 Å². The van der Waals surface area contributed by atoms with E-state index in [-0.39, 0.29) is 11.2 Å². The summed E-state index contributed by atoms with van der Waals surface area (Å²) in [5, 5.41) is 0.862. The van der Waals surface area contributed by atoms with Crippen LogP contribution in [0.4, 0.5) is 4.39 Å². The Labute approximate surface area is 126 Å². The normalized spacial score (nSPS) is 10.9. The molecule has 0 unspecified atom stereocenters. The average molecular weight is 354 g/mol. The Morgan fingerprint density at radius 1 is 1.10 bits per heavy atom. The van der Waals surface area contributed by atoms with Gasteiger partial charge in [-0.1, -0.05) is 11.6 Å². The zero-order chi connectivity index (χ0) is 14.3. The van der Waals surface area contributed by atoms with Crippen LogP contribution in [0.2, 0.25) is 5.02 Å². The minimum atomic E-state index is -0.347. The molecule has 0 aliphatic carbocycles. The molecule has 0 saturated carbocycles. The third kappa shape index (κ3) is 2.25. The third-order valence-corrected chi connectivity index (χ3v) is 3.86. The van der Waals surface area contributed by atoms with Crippen molar-refractivity contribution >= 4 is 38.5 Å². The van der Waals surface area contributed by atoms with Gasteiger partial charge in [-0.3, -0.25) is 4.79 Å². The Morgan fingerprint density at radius 3 is 2.50 bits per heavy atom. The predicted octanol–water partition coefficient (Wildman–Crippen LogP) is 5.02. The van der Waals surface area contributed by atoms with Gasteiger partial charge in [0.05, 0.1) is 5.39 Å². The standard InChI is InChI=1S/C15H7BrClFO2/c16-13-14(19)11-7-9(17)3-6-12(11)20-15(13)8-1-4-10(18)5-2-8/h1-7H. The highest BCUT2D eigenvalue weighted by molar-refractivity contribution is 9.10. The second-order valence-corrected chi connectivity index (χ2v) is 5.45. The van der Waals surface area contributed by atoms with Crippen LogP contribution in [-0.2, 0) is 0 Å². The minimum absolute atomic E-state index is 0.215. The molecule has 0 fully saturated rings. The highest BCUT2D eigenvalue weighted by atomic mass is 79.9.